The highest BCUT2D eigenvalue weighted by Gasteiger charge is 2.25. The van der Waals surface area contributed by atoms with Gasteiger partial charge in [-0.15, -0.1) is 0 Å². The summed E-state index contributed by atoms with van der Waals surface area (Å²) in [5.74, 6) is 2.24. The molecule has 0 amide bonds. The number of rotatable bonds is 4. The first kappa shape index (κ1) is 14.7. The fourth-order valence-electron chi connectivity index (χ4n) is 3.03. The van der Waals surface area contributed by atoms with E-state index in [1.54, 1.807) is 0 Å². The second kappa shape index (κ2) is 6.26. The topological polar surface area (TPSA) is 39.1 Å². The Bertz CT molecular complexity index is 648. The third-order valence-corrected chi connectivity index (χ3v) is 4.09. The zero-order valence-electron chi connectivity index (χ0n) is 13.2. The Morgan fingerprint density at radius 3 is 2.91 bits per heavy atom. The summed E-state index contributed by atoms with van der Waals surface area (Å²) in [4.78, 5) is 0. The fourth-order valence-corrected chi connectivity index (χ4v) is 3.03. The average molecular weight is 297 g/mol. The first-order valence-corrected chi connectivity index (χ1v) is 7.88. The van der Waals surface area contributed by atoms with Crippen molar-refractivity contribution in [2.45, 2.75) is 32.9 Å². The first-order chi connectivity index (χ1) is 10.7. The van der Waals surface area contributed by atoms with E-state index in [0.29, 0.717) is 18.3 Å². The standard InChI is InChI=1S/C18H23N3O/c1-4-22-14(3)16-11-19-21-12-13(2)10-17(20-18(16)21)15-8-6-5-7-9-15/h5-9,11,13,17,20H,3-4,10,12H2,1-2H3. The number of aromatic nitrogens is 2. The van der Waals surface area contributed by atoms with Crippen LogP contribution in [0.3, 0.4) is 0 Å². The van der Waals surface area contributed by atoms with Crippen molar-refractivity contribution in [3.63, 3.8) is 0 Å². The van der Waals surface area contributed by atoms with Crippen molar-refractivity contribution in [1.82, 2.24) is 9.78 Å². The Labute approximate surface area is 131 Å². The second-order valence-corrected chi connectivity index (χ2v) is 5.89. The van der Waals surface area contributed by atoms with Crippen LogP contribution in [0.15, 0.2) is 43.1 Å². The molecule has 0 saturated carbocycles. The number of hydrogen-bond donors (Lipinski definition) is 1. The lowest BCUT2D eigenvalue weighted by Gasteiger charge is -2.20. The SMILES string of the molecule is C=C(OCC)c1cnn2c1NC(c1ccccc1)CC(C)C2. The number of anilines is 1. The molecule has 0 saturated heterocycles. The summed E-state index contributed by atoms with van der Waals surface area (Å²) in [6, 6.07) is 10.9. The lowest BCUT2D eigenvalue weighted by molar-refractivity contribution is 0.299. The summed E-state index contributed by atoms with van der Waals surface area (Å²) in [6.45, 7) is 9.78. The van der Waals surface area contributed by atoms with Gasteiger partial charge in [-0.25, -0.2) is 4.68 Å². The van der Waals surface area contributed by atoms with Crippen molar-refractivity contribution >= 4 is 11.6 Å². The number of fused-ring (bicyclic) bond motifs is 1. The van der Waals surface area contributed by atoms with Crippen LogP contribution in [0.4, 0.5) is 5.82 Å². The number of ether oxygens (including phenoxy) is 1. The summed E-state index contributed by atoms with van der Waals surface area (Å²) in [5.41, 5.74) is 2.26. The number of nitrogens with one attached hydrogen (secondary N) is 1. The maximum absolute atomic E-state index is 5.57. The molecule has 2 atom stereocenters. The van der Waals surface area contributed by atoms with Crippen LogP contribution in [0.25, 0.3) is 5.76 Å². The van der Waals surface area contributed by atoms with Gasteiger partial charge in [-0.2, -0.15) is 5.10 Å². The third kappa shape index (κ3) is 2.86. The van der Waals surface area contributed by atoms with Crippen molar-refractivity contribution < 1.29 is 4.74 Å². The Kier molecular flexibility index (Phi) is 4.18. The van der Waals surface area contributed by atoms with Crippen molar-refractivity contribution in [3.8, 4) is 0 Å². The molecule has 2 aromatic rings. The monoisotopic (exact) mass is 297 g/mol. The van der Waals surface area contributed by atoms with Gasteiger partial charge in [0.25, 0.3) is 0 Å². The first-order valence-electron chi connectivity index (χ1n) is 7.88. The van der Waals surface area contributed by atoms with Gasteiger partial charge in [0.15, 0.2) is 0 Å². The van der Waals surface area contributed by atoms with Crippen LogP contribution in [0.1, 0.15) is 37.4 Å². The molecular weight excluding hydrogens is 274 g/mol. The molecule has 1 N–H and O–H groups in total. The van der Waals surface area contributed by atoms with Gasteiger partial charge in [0, 0.05) is 6.54 Å². The smallest absolute Gasteiger partial charge is 0.135 e. The van der Waals surface area contributed by atoms with E-state index in [9.17, 15) is 0 Å². The molecule has 1 aliphatic heterocycles. The highest BCUT2D eigenvalue weighted by molar-refractivity contribution is 5.69. The van der Waals surface area contributed by atoms with Crippen molar-refractivity contribution in [3.05, 3.63) is 54.2 Å². The van der Waals surface area contributed by atoms with E-state index in [1.165, 1.54) is 5.56 Å². The van der Waals surface area contributed by atoms with Crippen LogP contribution < -0.4 is 5.32 Å². The maximum atomic E-state index is 5.57. The normalized spacial score (nSPS) is 20.6. The summed E-state index contributed by atoms with van der Waals surface area (Å²) in [6.07, 6.45) is 2.92. The van der Waals surface area contributed by atoms with Crippen molar-refractivity contribution in [2.24, 2.45) is 5.92 Å². The van der Waals surface area contributed by atoms with Crippen LogP contribution >= 0.6 is 0 Å². The molecule has 1 aromatic heterocycles. The summed E-state index contributed by atoms with van der Waals surface area (Å²) < 4.78 is 7.61. The quantitative estimate of drug-likeness (QED) is 0.864. The zero-order valence-corrected chi connectivity index (χ0v) is 13.2. The van der Waals surface area contributed by atoms with Gasteiger partial charge in [0.2, 0.25) is 0 Å². The van der Waals surface area contributed by atoms with Gasteiger partial charge >= 0.3 is 0 Å². The molecule has 4 nitrogen and oxygen atoms in total. The Morgan fingerprint density at radius 1 is 1.41 bits per heavy atom. The van der Waals surface area contributed by atoms with Crippen LogP contribution in [-0.4, -0.2) is 16.4 Å². The highest BCUT2D eigenvalue weighted by atomic mass is 16.5. The fraction of sp³-hybridized carbons (Fsp3) is 0.389. The van der Waals surface area contributed by atoms with E-state index in [4.69, 9.17) is 4.74 Å². The third-order valence-electron chi connectivity index (χ3n) is 4.09. The van der Waals surface area contributed by atoms with Gasteiger partial charge in [-0.1, -0.05) is 43.8 Å². The number of hydrogen-bond acceptors (Lipinski definition) is 3. The lowest BCUT2D eigenvalue weighted by Crippen LogP contribution is -2.12. The molecule has 1 aromatic carbocycles. The predicted octanol–water partition coefficient (Wildman–Crippen LogP) is 4.08. The molecule has 0 bridgehead atoms. The van der Waals surface area contributed by atoms with Crippen molar-refractivity contribution in [2.75, 3.05) is 11.9 Å². The predicted molar refractivity (Wildman–Crippen MR) is 89.5 cm³/mol. The van der Waals surface area contributed by atoms with Crippen LogP contribution in [0.2, 0.25) is 0 Å². The molecule has 4 heteroatoms. The van der Waals surface area contributed by atoms with E-state index >= 15 is 0 Å². The molecule has 1 aliphatic rings. The number of benzene rings is 1. The van der Waals surface area contributed by atoms with E-state index < -0.39 is 0 Å². The summed E-state index contributed by atoms with van der Waals surface area (Å²) >= 11 is 0. The van der Waals surface area contributed by atoms with E-state index in [2.05, 4.69) is 54.2 Å². The second-order valence-electron chi connectivity index (χ2n) is 5.89. The Balaban J connectivity index is 1.94. The van der Waals surface area contributed by atoms with Gasteiger partial charge in [0.1, 0.15) is 11.6 Å². The lowest BCUT2D eigenvalue weighted by atomic mass is 9.96. The summed E-state index contributed by atoms with van der Waals surface area (Å²) in [7, 11) is 0. The molecule has 0 spiro atoms. The highest BCUT2D eigenvalue weighted by Crippen LogP contribution is 2.34. The average Bonchev–Trinajstić information content (AvgIpc) is 2.82. The van der Waals surface area contributed by atoms with Gasteiger partial charge in [0.05, 0.1) is 24.4 Å². The minimum Gasteiger partial charge on any atom is -0.494 e. The van der Waals surface area contributed by atoms with Crippen LogP contribution in [-0.2, 0) is 11.3 Å². The minimum absolute atomic E-state index is 0.280. The Hall–Kier alpha value is -2.23. The molecule has 116 valence electrons. The van der Waals surface area contributed by atoms with Crippen LogP contribution in [0, 0.1) is 5.92 Å². The molecule has 2 heterocycles. The minimum atomic E-state index is 0.280. The molecule has 22 heavy (non-hydrogen) atoms. The van der Waals surface area contributed by atoms with Crippen molar-refractivity contribution in [1.29, 1.82) is 0 Å². The molecule has 3 rings (SSSR count). The maximum Gasteiger partial charge on any atom is 0.135 e. The number of nitrogens with zero attached hydrogens (tertiary/aromatic N) is 2. The van der Waals surface area contributed by atoms with Gasteiger partial charge in [-0.05, 0) is 24.8 Å². The van der Waals surface area contributed by atoms with Gasteiger partial charge in [-0.3, -0.25) is 0 Å². The van der Waals surface area contributed by atoms with Gasteiger partial charge < -0.3 is 10.1 Å². The Morgan fingerprint density at radius 2 is 2.18 bits per heavy atom. The zero-order chi connectivity index (χ0) is 15.5. The molecule has 0 aliphatic carbocycles. The van der Waals surface area contributed by atoms with E-state index in [-0.39, 0.29) is 6.04 Å². The molecule has 0 fully saturated rings. The van der Waals surface area contributed by atoms with E-state index in [1.807, 2.05) is 17.8 Å². The largest absolute Gasteiger partial charge is 0.494 e. The van der Waals surface area contributed by atoms with Crippen LogP contribution in [0.5, 0.6) is 0 Å². The molecular formula is C18H23N3O. The molecule has 0 radical (unpaired) electrons. The summed E-state index contributed by atoms with van der Waals surface area (Å²) in [5, 5.41) is 8.17. The van der Waals surface area contributed by atoms with E-state index in [0.717, 1.165) is 24.3 Å². The molecule has 2 unspecified atom stereocenters.